The molecular weight excluding hydrogens is 877 g/mol. The second-order valence-electron chi connectivity index (χ2n) is 18.6. The third-order valence-corrected chi connectivity index (χ3v) is 16.6. The van der Waals surface area contributed by atoms with Gasteiger partial charge in [0.15, 0.2) is 11.5 Å². The molecule has 12 nitrogen and oxygen atoms in total. The Morgan fingerprint density at radius 2 is 1.77 bits per heavy atom. The number of nitrogens with one attached hydrogen (secondary N) is 2. The van der Waals surface area contributed by atoms with Crippen molar-refractivity contribution in [1.29, 1.82) is 0 Å². The number of aliphatic hydroxyl groups is 4. The average molecular weight is 945 g/mol. The Bertz CT molecular complexity index is 2300. The van der Waals surface area contributed by atoms with E-state index in [4.69, 9.17) is 9.47 Å². The van der Waals surface area contributed by atoms with Crippen molar-refractivity contribution >= 4 is 49.6 Å². The quantitative estimate of drug-likeness (QED) is 0.0301. The number of fused-ring (bicyclic) bond motifs is 9. The van der Waals surface area contributed by atoms with Crippen molar-refractivity contribution in [2.24, 2.45) is 5.92 Å². The first-order chi connectivity index (χ1) is 31.9. The van der Waals surface area contributed by atoms with Crippen LogP contribution in [-0.2, 0) is 33.8 Å². The zero-order chi connectivity index (χ0) is 46.8. The normalized spacial score (nSPS) is 21.8. The molecule has 14 heteroatoms. The maximum absolute atomic E-state index is 14.5. The van der Waals surface area contributed by atoms with Gasteiger partial charge in [-0.2, -0.15) is 0 Å². The molecule has 2 bridgehead atoms. The van der Waals surface area contributed by atoms with Crippen LogP contribution in [0.15, 0.2) is 54.6 Å². The van der Waals surface area contributed by atoms with Crippen LogP contribution < -0.4 is 15.4 Å². The smallest absolute Gasteiger partial charge is 0.168 e. The number of anilines is 1. The van der Waals surface area contributed by atoms with Crippen LogP contribution in [0.5, 0.6) is 17.2 Å². The molecule has 0 aromatic heterocycles. The molecule has 358 valence electrons. The second-order valence-corrected chi connectivity index (χ2v) is 21.2. The molecule has 0 spiro atoms. The minimum Gasteiger partial charge on any atom is -0.508 e. The van der Waals surface area contributed by atoms with E-state index in [9.17, 15) is 40.2 Å². The highest BCUT2D eigenvalue weighted by Crippen LogP contribution is 2.53. The minimum atomic E-state index is -0.773. The Morgan fingerprint density at radius 1 is 0.970 bits per heavy atom. The van der Waals surface area contributed by atoms with Crippen molar-refractivity contribution in [2.45, 2.75) is 139 Å². The van der Waals surface area contributed by atoms with E-state index in [-0.39, 0.29) is 66.8 Å². The number of methoxy groups -OCH3 is 1. The molecule has 7 rings (SSSR count). The topological polar surface area (TPSA) is 198 Å². The largest absolute Gasteiger partial charge is 0.508 e. The average Bonchev–Trinajstić information content (AvgIpc) is 3.40. The number of hydrogen-bond acceptors (Lipinski definition) is 14. The van der Waals surface area contributed by atoms with E-state index in [0.29, 0.717) is 86.2 Å². The highest BCUT2D eigenvalue weighted by Gasteiger charge is 2.36. The van der Waals surface area contributed by atoms with E-state index in [1.165, 1.54) is 14.0 Å². The second kappa shape index (κ2) is 23.4. The molecule has 0 radical (unpaired) electrons. The lowest BCUT2D eigenvalue weighted by Gasteiger charge is -2.35. The Labute approximate surface area is 396 Å². The van der Waals surface area contributed by atoms with Gasteiger partial charge in [0.2, 0.25) is 0 Å². The minimum absolute atomic E-state index is 0.0150. The van der Waals surface area contributed by atoms with Crippen LogP contribution in [0.1, 0.15) is 130 Å². The number of hydrogen-bond donors (Lipinski definition) is 8. The van der Waals surface area contributed by atoms with Crippen molar-refractivity contribution < 1.29 is 49.7 Å². The van der Waals surface area contributed by atoms with E-state index in [2.05, 4.69) is 10.6 Å². The van der Waals surface area contributed by atoms with Gasteiger partial charge in [-0.15, -0.1) is 0 Å². The predicted molar refractivity (Wildman–Crippen MR) is 263 cm³/mol. The molecule has 4 aromatic carbocycles. The lowest BCUT2D eigenvalue weighted by Crippen LogP contribution is -2.37. The standard InChI is InChI=1S/C52H68N2O10S2/c1-32(57)29-54-44-26-35(8-6-23-55)43(25-37(44)30-56)51(53-22-7-21-52(62)19-4-3-5-20-52)64-46-28-39(59)15-10-34-12-17-45(61)50(63-2)48(34)41-16-11-33-9-14-38(58)27-42(33)49(41)47-18-13-36(46)24-40(60)31-65-66-47/h9,11-12,14,16-17,25-27,36,40,46-47,51,53-56,58,60-62H,3-8,10,13,15,18-24,28-31H2,1-2H3. The summed E-state index contributed by atoms with van der Waals surface area (Å²) >= 11 is 0. The number of Topliss-reactive ketones (excluding diaryl/α,β-unsaturated/α-hetero) is 2. The molecule has 66 heavy (non-hydrogen) atoms. The number of carbonyl (C=O) groups excluding carboxylic acids is 2. The highest BCUT2D eigenvalue weighted by molar-refractivity contribution is 8.76. The Morgan fingerprint density at radius 3 is 2.53 bits per heavy atom. The van der Waals surface area contributed by atoms with Gasteiger partial charge < -0.3 is 45.4 Å². The third-order valence-electron chi connectivity index (χ3n) is 13.7. The summed E-state index contributed by atoms with van der Waals surface area (Å²) in [7, 11) is 4.81. The van der Waals surface area contributed by atoms with Crippen LogP contribution in [0.2, 0.25) is 0 Å². The number of rotatable bonds is 16. The summed E-state index contributed by atoms with van der Waals surface area (Å²) in [4.78, 5) is 26.6. The Kier molecular flexibility index (Phi) is 17.8. The van der Waals surface area contributed by atoms with Gasteiger partial charge >= 0.3 is 0 Å². The summed E-state index contributed by atoms with van der Waals surface area (Å²) in [6.07, 6.45) is 7.08. The van der Waals surface area contributed by atoms with Crippen LogP contribution in [-0.4, -0.2) is 92.6 Å². The number of carbonyl (C=O) groups is 2. The number of aromatic hydroxyl groups is 2. The number of ether oxygens (including phenoxy) is 2. The summed E-state index contributed by atoms with van der Waals surface area (Å²) in [5.74, 6) is 0.532. The van der Waals surface area contributed by atoms with Crippen LogP contribution in [0.25, 0.3) is 21.9 Å². The molecule has 1 aliphatic heterocycles. The van der Waals surface area contributed by atoms with Crippen LogP contribution in [0.4, 0.5) is 5.69 Å². The lowest BCUT2D eigenvalue weighted by atomic mass is 9.82. The summed E-state index contributed by atoms with van der Waals surface area (Å²) in [5.41, 5.74) is 5.47. The number of phenolic OH excluding ortho intramolecular Hbond substituents is 2. The predicted octanol–water partition coefficient (Wildman–Crippen LogP) is 8.98. The fourth-order valence-electron chi connectivity index (χ4n) is 10.3. The molecule has 0 amide bonds. The van der Waals surface area contributed by atoms with Crippen LogP contribution in [0.3, 0.4) is 0 Å². The maximum atomic E-state index is 14.5. The highest BCUT2D eigenvalue weighted by atomic mass is 33.1. The Hall–Kier alpha value is -3.86. The van der Waals surface area contributed by atoms with Crippen molar-refractivity contribution in [3.05, 3.63) is 82.4 Å². The van der Waals surface area contributed by atoms with Gasteiger partial charge in [-0.05, 0) is 153 Å². The molecule has 4 aromatic rings. The van der Waals surface area contributed by atoms with Crippen LogP contribution >= 0.6 is 21.6 Å². The molecule has 2 aliphatic carbocycles. The van der Waals surface area contributed by atoms with Gasteiger partial charge in [0.25, 0.3) is 0 Å². The molecule has 5 unspecified atom stereocenters. The summed E-state index contributed by atoms with van der Waals surface area (Å²) in [5, 5.41) is 74.4. The number of phenols is 2. The van der Waals surface area contributed by atoms with Crippen molar-refractivity contribution in [3.63, 3.8) is 0 Å². The first-order valence-corrected chi connectivity index (χ1v) is 26.1. The zero-order valence-corrected chi connectivity index (χ0v) is 40.0. The molecule has 8 N–H and O–H groups in total. The SMILES string of the molecule is COc1c(O)ccc2c1-c1ccc3ccc(O)cc3c1C1CCC(CC(O)CSS1)C(OC(NCCCC1(O)CCCCC1)c1cc(CO)c(NCC(C)=O)cc1CCCO)CC(=O)CC2. The van der Waals surface area contributed by atoms with E-state index < -0.39 is 24.0 Å². The van der Waals surface area contributed by atoms with Gasteiger partial charge in [-0.3, -0.25) is 14.9 Å². The molecule has 1 saturated carbocycles. The monoisotopic (exact) mass is 944 g/mol. The Balaban J connectivity index is 1.32. The van der Waals surface area contributed by atoms with Crippen molar-refractivity contribution in [3.8, 4) is 28.4 Å². The first kappa shape index (κ1) is 50.0. The molecule has 1 saturated heterocycles. The number of aliphatic hydroxyl groups excluding tert-OH is 3. The summed E-state index contributed by atoms with van der Waals surface area (Å²) in [6, 6.07) is 16.7. The van der Waals surface area contributed by atoms with Crippen molar-refractivity contribution in [1.82, 2.24) is 5.32 Å². The molecular formula is C52H68N2O10S2. The van der Waals surface area contributed by atoms with Gasteiger partial charge in [-0.25, -0.2) is 0 Å². The van der Waals surface area contributed by atoms with E-state index in [1.807, 2.05) is 36.4 Å². The first-order valence-electron chi connectivity index (χ1n) is 23.7. The number of ketones is 2. The number of benzene rings is 4. The van der Waals surface area contributed by atoms with Gasteiger partial charge in [0, 0.05) is 47.3 Å². The maximum Gasteiger partial charge on any atom is 0.168 e. The summed E-state index contributed by atoms with van der Waals surface area (Å²) in [6.45, 7) is 1.72. The van der Waals surface area contributed by atoms with Gasteiger partial charge in [-0.1, -0.05) is 65.1 Å². The van der Waals surface area contributed by atoms with Gasteiger partial charge in [0.05, 0.1) is 38.1 Å². The zero-order valence-electron chi connectivity index (χ0n) is 38.4. The fourth-order valence-corrected chi connectivity index (χ4v) is 13.2. The van der Waals surface area contributed by atoms with Crippen LogP contribution in [0, 0.1) is 5.92 Å². The van der Waals surface area contributed by atoms with E-state index in [1.54, 1.807) is 39.8 Å². The molecule has 1 heterocycles. The number of aryl methyl sites for hydroxylation is 2. The third kappa shape index (κ3) is 12.4. The molecule has 3 aliphatic rings. The molecule has 5 atom stereocenters. The van der Waals surface area contributed by atoms with E-state index >= 15 is 0 Å². The fraction of sp³-hybridized carbons (Fsp3) is 0.538. The van der Waals surface area contributed by atoms with Crippen molar-refractivity contribution in [2.75, 3.05) is 37.9 Å². The molecule has 2 fully saturated rings. The lowest BCUT2D eigenvalue weighted by molar-refractivity contribution is -0.127. The van der Waals surface area contributed by atoms with E-state index in [0.717, 1.165) is 70.7 Å². The van der Waals surface area contributed by atoms with Gasteiger partial charge in [0.1, 0.15) is 23.5 Å². The summed E-state index contributed by atoms with van der Waals surface area (Å²) < 4.78 is 13.2.